The number of rotatable bonds is 6. The van der Waals surface area contributed by atoms with E-state index < -0.39 is 0 Å². The lowest BCUT2D eigenvalue weighted by molar-refractivity contribution is -0.146. The van der Waals surface area contributed by atoms with Gasteiger partial charge >= 0.3 is 11.9 Å². The lowest BCUT2D eigenvalue weighted by Crippen LogP contribution is -2.17. The first kappa shape index (κ1) is 19.1. The van der Waals surface area contributed by atoms with Gasteiger partial charge in [0.05, 0.1) is 12.0 Å². The molecule has 0 saturated heterocycles. The number of nitrogen functional groups attached to an aromatic ring is 1. The molecule has 0 radical (unpaired) electrons. The van der Waals surface area contributed by atoms with Gasteiger partial charge in [-0.05, 0) is 56.4 Å². The molecule has 2 aliphatic rings. The van der Waals surface area contributed by atoms with Crippen molar-refractivity contribution < 1.29 is 19.1 Å². The van der Waals surface area contributed by atoms with Gasteiger partial charge in [0.2, 0.25) is 0 Å². The van der Waals surface area contributed by atoms with E-state index in [4.69, 9.17) is 15.2 Å². The molecular weight excluding hydrogens is 378 g/mol. The van der Waals surface area contributed by atoms with Crippen LogP contribution in [0, 0.1) is 24.7 Å². The van der Waals surface area contributed by atoms with E-state index in [2.05, 4.69) is 9.97 Å². The molecule has 4 rings (SSSR count). The molecule has 2 heterocycles. The number of aromatic nitrogens is 2. The van der Waals surface area contributed by atoms with Crippen LogP contribution in [0.5, 0.6) is 0 Å². The minimum atomic E-state index is -0.388. The van der Waals surface area contributed by atoms with E-state index in [9.17, 15) is 9.59 Å². The van der Waals surface area contributed by atoms with E-state index in [1.807, 2.05) is 0 Å². The van der Waals surface area contributed by atoms with Gasteiger partial charge in [-0.25, -0.2) is 14.8 Å². The number of thiophene rings is 1. The number of carbonyl (C=O) groups is 2. The SMILES string of the molecule is CCOC(=O)c1sc2nc(COC(=O)CC3CC4CCC3C4)nc(N)c2c1C. The van der Waals surface area contributed by atoms with Crippen LogP contribution >= 0.6 is 11.3 Å². The largest absolute Gasteiger partial charge is 0.462 e. The molecule has 2 saturated carbocycles. The molecule has 2 N–H and O–H groups in total. The van der Waals surface area contributed by atoms with Crippen molar-refractivity contribution in [2.75, 3.05) is 12.3 Å². The molecule has 3 atom stereocenters. The van der Waals surface area contributed by atoms with Crippen molar-refractivity contribution in [2.24, 2.45) is 17.8 Å². The maximum atomic E-state index is 12.2. The number of hydrogen-bond donors (Lipinski definition) is 1. The van der Waals surface area contributed by atoms with Crippen molar-refractivity contribution >= 4 is 39.3 Å². The second kappa shape index (κ2) is 7.66. The fraction of sp³-hybridized carbons (Fsp3) is 0.600. The first-order valence-electron chi connectivity index (χ1n) is 9.84. The van der Waals surface area contributed by atoms with Crippen LogP contribution in [-0.2, 0) is 20.9 Å². The minimum Gasteiger partial charge on any atom is -0.462 e. The Kier molecular flexibility index (Phi) is 5.23. The topological polar surface area (TPSA) is 104 Å². The van der Waals surface area contributed by atoms with Gasteiger partial charge in [-0.15, -0.1) is 11.3 Å². The second-order valence-electron chi connectivity index (χ2n) is 7.78. The van der Waals surface area contributed by atoms with Crippen LogP contribution in [-0.4, -0.2) is 28.5 Å². The van der Waals surface area contributed by atoms with Gasteiger partial charge < -0.3 is 15.2 Å². The average molecular weight is 404 g/mol. The number of nitrogens with zero attached hydrogens (tertiary/aromatic N) is 2. The molecule has 2 aliphatic carbocycles. The highest BCUT2D eigenvalue weighted by molar-refractivity contribution is 7.20. The summed E-state index contributed by atoms with van der Waals surface area (Å²) in [4.78, 5) is 34.1. The predicted octanol–water partition coefficient (Wildman–Crippen LogP) is 3.63. The molecule has 3 unspecified atom stereocenters. The summed E-state index contributed by atoms with van der Waals surface area (Å²) in [6, 6.07) is 0. The van der Waals surface area contributed by atoms with Gasteiger partial charge in [-0.3, -0.25) is 4.79 Å². The molecule has 2 aromatic heterocycles. The van der Waals surface area contributed by atoms with Crippen LogP contribution in [0.3, 0.4) is 0 Å². The van der Waals surface area contributed by atoms with E-state index in [0.717, 1.165) is 17.9 Å². The average Bonchev–Trinajstić information content (AvgIpc) is 3.35. The van der Waals surface area contributed by atoms with Gasteiger partial charge in [0.25, 0.3) is 0 Å². The maximum Gasteiger partial charge on any atom is 0.348 e. The standard InChI is InChI=1S/C20H25N3O4S/c1-3-26-20(25)17-10(2)16-18(21)22-14(23-19(16)28-17)9-27-15(24)8-13-7-11-4-5-12(13)6-11/h11-13H,3-9H2,1-2H3,(H2,21,22,23). The molecule has 8 heteroatoms. The number of esters is 2. The second-order valence-corrected chi connectivity index (χ2v) is 8.78. The quantitative estimate of drug-likeness (QED) is 0.734. The zero-order valence-electron chi connectivity index (χ0n) is 16.2. The van der Waals surface area contributed by atoms with Crippen molar-refractivity contribution in [3.8, 4) is 0 Å². The van der Waals surface area contributed by atoms with Crippen LogP contribution in [0.15, 0.2) is 0 Å². The Morgan fingerprint density at radius 2 is 2.04 bits per heavy atom. The fourth-order valence-electron chi connectivity index (χ4n) is 4.72. The zero-order valence-corrected chi connectivity index (χ0v) is 17.0. The number of nitrogens with two attached hydrogens (primary N) is 1. The smallest absolute Gasteiger partial charge is 0.348 e. The molecule has 150 valence electrons. The Labute approximate surface area is 167 Å². The molecule has 2 bridgehead atoms. The molecule has 2 aromatic rings. The van der Waals surface area contributed by atoms with E-state index >= 15 is 0 Å². The van der Waals surface area contributed by atoms with Crippen LogP contribution in [0.25, 0.3) is 10.2 Å². The Balaban J connectivity index is 1.44. The molecular formula is C20H25N3O4S. The first-order valence-corrected chi connectivity index (χ1v) is 10.7. The lowest BCUT2D eigenvalue weighted by atomic mass is 9.86. The Hall–Kier alpha value is -2.22. The van der Waals surface area contributed by atoms with Crippen molar-refractivity contribution in [3.05, 3.63) is 16.3 Å². The van der Waals surface area contributed by atoms with Gasteiger partial charge in [0, 0.05) is 6.42 Å². The number of carbonyl (C=O) groups excluding carboxylic acids is 2. The Morgan fingerprint density at radius 1 is 1.21 bits per heavy atom. The molecule has 0 aliphatic heterocycles. The van der Waals surface area contributed by atoms with Crippen LogP contribution in [0.2, 0.25) is 0 Å². The lowest BCUT2D eigenvalue weighted by Gasteiger charge is -2.20. The Morgan fingerprint density at radius 3 is 2.71 bits per heavy atom. The summed E-state index contributed by atoms with van der Waals surface area (Å²) in [6.07, 6.45) is 5.47. The minimum absolute atomic E-state index is 0.00846. The summed E-state index contributed by atoms with van der Waals surface area (Å²) < 4.78 is 10.5. The van der Waals surface area contributed by atoms with Crippen molar-refractivity contribution in [1.29, 1.82) is 0 Å². The fourth-order valence-corrected chi connectivity index (χ4v) is 5.82. The van der Waals surface area contributed by atoms with Gasteiger partial charge in [0.15, 0.2) is 12.4 Å². The van der Waals surface area contributed by atoms with Crippen LogP contribution in [0.4, 0.5) is 5.82 Å². The van der Waals surface area contributed by atoms with E-state index in [1.165, 1.54) is 30.6 Å². The Bertz CT molecular complexity index is 926. The van der Waals surface area contributed by atoms with Crippen molar-refractivity contribution in [2.45, 2.75) is 52.6 Å². The third-order valence-electron chi connectivity index (χ3n) is 6.00. The van der Waals surface area contributed by atoms with Crippen molar-refractivity contribution in [1.82, 2.24) is 9.97 Å². The highest BCUT2D eigenvalue weighted by Gasteiger charge is 2.40. The summed E-state index contributed by atoms with van der Waals surface area (Å²) >= 11 is 1.22. The maximum absolute atomic E-state index is 12.2. The number of ether oxygens (including phenoxy) is 2. The van der Waals surface area contributed by atoms with E-state index in [-0.39, 0.29) is 24.4 Å². The molecule has 7 nitrogen and oxygen atoms in total. The molecule has 2 fully saturated rings. The third-order valence-corrected chi connectivity index (χ3v) is 7.17. The van der Waals surface area contributed by atoms with Gasteiger partial charge in [0.1, 0.15) is 15.5 Å². The summed E-state index contributed by atoms with van der Waals surface area (Å²) in [6.45, 7) is 3.86. The number of aryl methyl sites for hydroxylation is 1. The predicted molar refractivity (Wildman–Crippen MR) is 106 cm³/mol. The van der Waals surface area contributed by atoms with Gasteiger partial charge in [-0.1, -0.05) is 6.42 Å². The summed E-state index contributed by atoms with van der Waals surface area (Å²) in [7, 11) is 0. The van der Waals surface area contributed by atoms with E-state index in [0.29, 0.717) is 45.8 Å². The van der Waals surface area contributed by atoms with Crippen LogP contribution < -0.4 is 5.73 Å². The summed E-state index contributed by atoms with van der Waals surface area (Å²) in [5.74, 6) is 2.01. The molecule has 28 heavy (non-hydrogen) atoms. The van der Waals surface area contributed by atoms with Crippen LogP contribution in [0.1, 0.15) is 60.1 Å². The highest BCUT2D eigenvalue weighted by Crippen LogP contribution is 2.49. The van der Waals surface area contributed by atoms with E-state index in [1.54, 1.807) is 13.8 Å². The summed E-state index contributed by atoms with van der Waals surface area (Å²) in [5.41, 5.74) is 6.81. The zero-order chi connectivity index (χ0) is 19.8. The van der Waals surface area contributed by atoms with Gasteiger partial charge in [-0.2, -0.15) is 0 Å². The third kappa shape index (κ3) is 3.57. The number of hydrogen-bond acceptors (Lipinski definition) is 8. The summed E-state index contributed by atoms with van der Waals surface area (Å²) in [5, 5.41) is 0.658. The number of fused-ring (bicyclic) bond motifs is 3. The van der Waals surface area contributed by atoms with Crippen molar-refractivity contribution in [3.63, 3.8) is 0 Å². The molecule has 0 amide bonds. The molecule has 0 spiro atoms. The normalized spacial score (nSPS) is 23.3. The first-order chi connectivity index (χ1) is 13.5. The number of anilines is 1. The highest BCUT2D eigenvalue weighted by atomic mass is 32.1. The monoisotopic (exact) mass is 403 g/mol. The molecule has 0 aromatic carbocycles.